The van der Waals surface area contributed by atoms with Crippen molar-refractivity contribution >= 4 is 41.3 Å². The summed E-state index contributed by atoms with van der Waals surface area (Å²) < 4.78 is 5.38. The topological polar surface area (TPSA) is 61.8 Å². The molecule has 1 fully saturated rings. The lowest BCUT2D eigenvalue weighted by atomic mass is 10.2. The third-order valence-corrected chi connectivity index (χ3v) is 5.05. The van der Waals surface area contributed by atoms with Crippen molar-refractivity contribution in [2.45, 2.75) is 39.7 Å². The Balaban J connectivity index is 0.00000312. The van der Waals surface area contributed by atoms with E-state index in [1.807, 2.05) is 0 Å². The van der Waals surface area contributed by atoms with Gasteiger partial charge in [-0.15, -0.1) is 35.3 Å². The highest BCUT2D eigenvalue weighted by molar-refractivity contribution is 14.0. The van der Waals surface area contributed by atoms with Gasteiger partial charge in [0.25, 0.3) is 0 Å². The van der Waals surface area contributed by atoms with Crippen molar-refractivity contribution < 1.29 is 4.74 Å². The Kier molecular flexibility index (Phi) is 11.6. The zero-order chi connectivity index (χ0) is 17.2. The van der Waals surface area contributed by atoms with Gasteiger partial charge in [-0.2, -0.15) is 0 Å². The Morgan fingerprint density at radius 3 is 2.76 bits per heavy atom. The predicted molar refractivity (Wildman–Crippen MR) is 116 cm³/mol. The lowest BCUT2D eigenvalue weighted by Crippen LogP contribution is -2.40. The van der Waals surface area contributed by atoms with Crippen LogP contribution in [0, 0.1) is 0 Å². The summed E-state index contributed by atoms with van der Waals surface area (Å²) in [6, 6.07) is 0. The highest BCUT2D eigenvalue weighted by Gasteiger charge is 2.09. The maximum Gasteiger partial charge on any atom is 0.191 e. The van der Waals surface area contributed by atoms with Crippen LogP contribution in [0.25, 0.3) is 0 Å². The lowest BCUT2D eigenvalue weighted by molar-refractivity contribution is 0.0376. The molecule has 0 aromatic carbocycles. The number of thiazole rings is 1. The molecule has 1 aliphatic rings. The van der Waals surface area contributed by atoms with E-state index >= 15 is 0 Å². The molecule has 144 valence electrons. The van der Waals surface area contributed by atoms with E-state index < -0.39 is 0 Å². The molecule has 6 nitrogen and oxygen atoms in total. The fraction of sp³-hybridized carbons (Fsp3) is 0.765. The molecule has 1 saturated heterocycles. The third kappa shape index (κ3) is 8.65. The molecule has 8 heteroatoms. The van der Waals surface area contributed by atoms with Gasteiger partial charge in [0.15, 0.2) is 5.96 Å². The van der Waals surface area contributed by atoms with Crippen LogP contribution in [0.4, 0.5) is 0 Å². The number of aliphatic imine (C=N–C) groups is 1. The van der Waals surface area contributed by atoms with Gasteiger partial charge in [0.05, 0.1) is 30.5 Å². The van der Waals surface area contributed by atoms with Crippen LogP contribution in [-0.4, -0.2) is 61.8 Å². The molecule has 0 bridgehead atoms. The van der Waals surface area contributed by atoms with Crippen LogP contribution in [0.3, 0.4) is 0 Å². The molecule has 0 unspecified atom stereocenters. The Morgan fingerprint density at radius 2 is 2.12 bits per heavy atom. The molecule has 2 heterocycles. The van der Waals surface area contributed by atoms with Gasteiger partial charge in [-0.3, -0.25) is 4.90 Å². The van der Waals surface area contributed by atoms with Crippen molar-refractivity contribution in [2.24, 2.45) is 4.99 Å². The zero-order valence-corrected chi connectivity index (χ0v) is 18.7. The second-order valence-electron chi connectivity index (χ2n) is 6.26. The fourth-order valence-corrected chi connectivity index (χ4v) is 3.32. The molecule has 0 aliphatic carbocycles. The van der Waals surface area contributed by atoms with Crippen LogP contribution in [0.5, 0.6) is 0 Å². The maximum absolute atomic E-state index is 5.38. The standard InChI is InChI=1S/C17H31N5OS.HI/c1-4-18-17(19-6-5-7-22-8-10-23-11-9-22)20-12-15-13-24-16(21-15)14(2)3;/h13-14H,4-12H2,1-3H3,(H2,18,19,20);1H. The summed E-state index contributed by atoms with van der Waals surface area (Å²) in [5.41, 5.74) is 1.05. The minimum Gasteiger partial charge on any atom is -0.379 e. The summed E-state index contributed by atoms with van der Waals surface area (Å²) in [6.45, 7) is 13.8. The molecular formula is C17H32IN5OS. The van der Waals surface area contributed by atoms with Crippen LogP contribution >= 0.6 is 35.3 Å². The number of ether oxygens (including phenoxy) is 1. The SMILES string of the molecule is CCNC(=NCc1csc(C(C)C)n1)NCCCN1CCOCC1.I. The normalized spacial score (nSPS) is 15.9. The van der Waals surface area contributed by atoms with Crippen molar-refractivity contribution in [3.8, 4) is 0 Å². The van der Waals surface area contributed by atoms with Gasteiger partial charge >= 0.3 is 0 Å². The first kappa shape index (κ1) is 22.6. The summed E-state index contributed by atoms with van der Waals surface area (Å²) in [5.74, 6) is 1.36. The monoisotopic (exact) mass is 481 g/mol. The van der Waals surface area contributed by atoms with Crippen molar-refractivity contribution in [2.75, 3.05) is 45.9 Å². The number of hydrogen-bond donors (Lipinski definition) is 2. The van der Waals surface area contributed by atoms with E-state index in [0.717, 1.165) is 64.0 Å². The number of aromatic nitrogens is 1. The Bertz CT molecular complexity index is 503. The molecule has 0 radical (unpaired) electrons. The molecule has 0 saturated carbocycles. The van der Waals surface area contributed by atoms with E-state index in [1.54, 1.807) is 11.3 Å². The lowest BCUT2D eigenvalue weighted by Gasteiger charge is -2.26. The largest absolute Gasteiger partial charge is 0.379 e. The van der Waals surface area contributed by atoms with Crippen molar-refractivity contribution in [3.05, 3.63) is 16.1 Å². The van der Waals surface area contributed by atoms with E-state index in [1.165, 1.54) is 5.01 Å². The number of guanidine groups is 1. The highest BCUT2D eigenvalue weighted by Crippen LogP contribution is 2.19. The number of rotatable bonds is 8. The first-order valence-corrected chi connectivity index (χ1v) is 9.83. The summed E-state index contributed by atoms with van der Waals surface area (Å²) >= 11 is 1.72. The minimum absolute atomic E-state index is 0. The molecular weight excluding hydrogens is 449 g/mol. The Morgan fingerprint density at radius 1 is 1.36 bits per heavy atom. The van der Waals surface area contributed by atoms with Gasteiger partial charge in [0, 0.05) is 37.5 Å². The fourth-order valence-electron chi connectivity index (χ4n) is 2.50. The summed E-state index contributed by atoms with van der Waals surface area (Å²) in [4.78, 5) is 11.7. The van der Waals surface area contributed by atoms with E-state index in [0.29, 0.717) is 12.5 Å². The van der Waals surface area contributed by atoms with Gasteiger partial charge in [-0.05, 0) is 19.9 Å². The molecule has 2 N–H and O–H groups in total. The average Bonchev–Trinajstić information content (AvgIpc) is 3.06. The third-order valence-electron chi connectivity index (χ3n) is 3.85. The molecule has 0 spiro atoms. The molecule has 2 rings (SSSR count). The van der Waals surface area contributed by atoms with Crippen molar-refractivity contribution in [1.82, 2.24) is 20.5 Å². The van der Waals surface area contributed by atoms with Gasteiger partial charge in [0.2, 0.25) is 0 Å². The van der Waals surface area contributed by atoms with E-state index in [9.17, 15) is 0 Å². The van der Waals surface area contributed by atoms with Gasteiger partial charge in [0.1, 0.15) is 0 Å². The number of halogens is 1. The zero-order valence-electron chi connectivity index (χ0n) is 15.6. The quantitative estimate of drug-likeness (QED) is 0.259. The number of nitrogens with zero attached hydrogens (tertiary/aromatic N) is 3. The van der Waals surface area contributed by atoms with E-state index in [2.05, 4.69) is 51.7 Å². The number of nitrogens with one attached hydrogen (secondary N) is 2. The smallest absolute Gasteiger partial charge is 0.191 e. The van der Waals surface area contributed by atoms with Crippen LogP contribution in [0.2, 0.25) is 0 Å². The second kappa shape index (κ2) is 12.8. The molecule has 0 amide bonds. The Labute approximate surface area is 172 Å². The van der Waals surface area contributed by atoms with Crippen LogP contribution in [-0.2, 0) is 11.3 Å². The summed E-state index contributed by atoms with van der Waals surface area (Å²) in [5, 5.41) is 10.0. The van der Waals surface area contributed by atoms with Crippen LogP contribution in [0.15, 0.2) is 10.4 Å². The van der Waals surface area contributed by atoms with Gasteiger partial charge < -0.3 is 15.4 Å². The van der Waals surface area contributed by atoms with E-state index in [-0.39, 0.29) is 24.0 Å². The molecule has 25 heavy (non-hydrogen) atoms. The van der Waals surface area contributed by atoms with Crippen molar-refractivity contribution in [1.29, 1.82) is 0 Å². The average molecular weight is 481 g/mol. The van der Waals surface area contributed by atoms with Gasteiger partial charge in [-0.25, -0.2) is 9.98 Å². The van der Waals surface area contributed by atoms with Gasteiger partial charge in [-0.1, -0.05) is 13.8 Å². The van der Waals surface area contributed by atoms with Crippen molar-refractivity contribution in [3.63, 3.8) is 0 Å². The number of hydrogen-bond acceptors (Lipinski definition) is 5. The summed E-state index contributed by atoms with van der Waals surface area (Å²) in [7, 11) is 0. The maximum atomic E-state index is 5.38. The first-order chi connectivity index (χ1) is 11.7. The summed E-state index contributed by atoms with van der Waals surface area (Å²) in [6.07, 6.45) is 1.11. The molecule has 0 atom stereocenters. The van der Waals surface area contributed by atoms with Crippen LogP contribution in [0.1, 0.15) is 43.8 Å². The van der Waals surface area contributed by atoms with Crippen LogP contribution < -0.4 is 10.6 Å². The molecule has 1 aromatic rings. The minimum atomic E-state index is 0. The second-order valence-corrected chi connectivity index (χ2v) is 7.15. The Hall–Kier alpha value is -0.450. The van der Waals surface area contributed by atoms with E-state index in [4.69, 9.17) is 4.74 Å². The number of morpholine rings is 1. The predicted octanol–water partition coefficient (Wildman–Crippen LogP) is 2.66. The molecule has 1 aliphatic heterocycles. The first-order valence-electron chi connectivity index (χ1n) is 8.95. The highest BCUT2D eigenvalue weighted by atomic mass is 127. The molecule has 1 aromatic heterocycles.